The lowest BCUT2D eigenvalue weighted by molar-refractivity contribution is 0.417. The molecule has 0 saturated carbocycles. The molecule has 6 nitrogen and oxygen atoms in total. The maximum atomic E-state index is 12.9. The van der Waals surface area contributed by atoms with Gasteiger partial charge >= 0.3 is 0 Å². The molecule has 0 unspecified atom stereocenters. The first kappa shape index (κ1) is 17.0. The topological polar surface area (TPSA) is 81.4 Å². The summed E-state index contributed by atoms with van der Waals surface area (Å²) in [6.07, 6.45) is 1.57. The van der Waals surface area contributed by atoms with Crippen molar-refractivity contribution in [1.82, 2.24) is 4.98 Å². The number of hydrogen-bond donors (Lipinski definition) is 1. The van der Waals surface area contributed by atoms with E-state index in [9.17, 15) is 8.42 Å². The molecule has 1 aromatic heterocycles. The molecule has 0 aliphatic heterocycles. The molecule has 0 atom stereocenters. The molecular formula is C18H18N2O4S. The minimum Gasteiger partial charge on any atom is -0.495 e. The molecule has 0 amide bonds. The van der Waals surface area contributed by atoms with Crippen molar-refractivity contribution in [3.05, 3.63) is 60.1 Å². The Hall–Kier alpha value is -2.80. The summed E-state index contributed by atoms with van der Waals surface area (Å²) in [6, 6.07) is 12.0. The number of nitrogens with one attached hydrogen (secondary N) is 1. The van der Waals surface area contributed by atoms with Gasteiger partial charge in [0.2, 0.25) is 0 Å². The standard InChI is InChI=1S/C18H18N2O4S/c1-12-8-9-14(17-11-19-13(2)24-17)10-18(12)25(21,22)20-15-6-4-5-7-16(15)23-3/h4-11,20H,1-3H3. The Morgan fingerprint density at radius 1 is 1.12 bits per heavy atom. The lowest BCUT2D eigenvalue weighted by atomic mass is 10.1. The van der Waals surface area contributed by atoms with E-state index < -0.39 is 10.0 Å². The zero-order chi connectivity index (χ0) is 18.0. The highest BCUT2D eigenvalue weighted by atomic mass is 32.2. The highest BCUT2D eigenvalue weighted by Gasteiger charge is 2.20. The molecule has 0 saturated heterocycles. The number of rotatable bonds is 5. The molecule has 2 aromatic carbocycles. The summed E-state index contributed by atoms with van der Waals surface area (Å²) in [6.45, 7) is 3.48. The predicted molar refractivity (Wildman–Crippen MR) is 95.2 cm³/mol. The largest absolute Gasteiger partial charge is 0.495 e. The third-order valence-electron chi connectivity index (χ3n) is 3.73. The van der Waals surface area contributed by atoms with Crippen LogP contribution in [0.25, 0.3) is 11.3 Å². The number of nitrogens with zero attached hydrogens (tertiary/aromatic N) is 1. The maximum absolute atomic E-state index is 12.9. The summed E-state index contributed by atoms with van der Waals surface area (Å²) in [5.41, 5.74) is 1.65. The second-order valence-electron chi connectivity index (χ2n) is 5.53. The molecule has 3 rings (SSSR count). The van der Waals surface area contributed by atoms with E-state index in [1.165, 1.54) is 7.11 Å². The summed E-state index contributed by atoms with van der Waals surface area (Å²) in [5.74, 6) is 1.49. The first-order chi connectivity index (χ1) is 11.9. The maximum Gasteiger partial charge on any atom is 0.262 e. The molecule has 130 valence electrons. The Kier molecular flexibility index (Phi) is 4.50. The van der Waals surface area contributed by atoms with E-state index in [4.69, 9.17) is 9.15 Å². The van der Waals surface area contributed by atoms with Crippen LogP contribution < -0.4 is 9.46 Å². The predicted octanol–water partition coefficient (Wildman–Crippen LogP) is 3.77. The van der Waals surface area contributed by atoms with Crippen molar-refractivity contribution >= 4 is 15.7 Å². The number of ether oxygens (including phenoxy) is 1. The Balaban J connectivity index is 2.02. The zero-order valence-electron chi connectivity index (χ0n) is 14.1. The highest BCUT2D eigenvalue weighted by Crippen LogP contribution is 2.29. The van der Waals surface area contributed by atoms with Crippen LogP contribution in [0.1, 0.15) is 11.5 Å². The Morgan fingerprint density at radius 2 is 1.88 bits per heavy atom. The van der Waals surface area contributed by atoms with Gasteiger partial charge in [0.1, 0.15) is 5.75 Å². The minimum atomic E-state index is -3.79. The van der Waals surface area contributed by atoms with Gasteiger partial charge in [0, 0.05) is 12.5 Å². The second-order valence-corrected chi connectivity index (χ2v) is 7.18. The van der Waals surface area contributed by atoms with E-state index in [-0.39, 0.29) is 4.90 Å². The van der Waals surface area contributed by atoms with Crippen LogP contribution >= 0.6 is 0 Å². The van der Waals surface area contributed by atoms with E-state index >= 15 is 0 Å². The molecule has 7 heteroatoms. The molecule has 1 heterocycles. The Labute approximate surface area is 146 Å². The van der Waals surface area contributed by atoms with Crippen molar-refractivity contribution in [3.63, 3.8) is 0 Å². The van der Waals surface area contributed by atoms with Gasteiger partial charge < -0.3 is 9.15 Å². The van der Waals surface area contributed by atoms with Crippen molar-refractivity contribution in [2.75, 3.05) is 11.8 Å². The fourth-order valence-corrected chi connectivity index (χ4v) is 3.81. The quantitative estimate of drug-likeness (QED) is 0.751. The number of sulfonamides is 1. The first-order valence-corrected chi connectivity index (χ1v) is 9.08. The SMILES string of the molecule is COc1ccccc1NS(=O)(=O)c1cc(-c2cnc(C)o2)ccc1C. The number of para-hydroxylation sites is 2. The fraction of sp³-hybridized carbons (Fsp3) is 0.167. The monoisotopic (exact) mass is 358 g/mol. The number of methoxy groups -OCH3 is 1. The van der Waals surface area contributed by atoms with E-state index in [1.54, 1.807) is 62.5 Å². The van der Waals surface area contributed by atoms with Gasteiger partial charge in [0.15, 0.2) is 11.7 Å². The van der Waals surface area contributed by atoms with Gasteiger partial charge in [-0.05, 0) is 30.7 Å². The van der Waals surface area contributed by atoms with Gasteiger partial charge in [-0.2, -0.15) is 0 Å². The van der Waals surface area contributed by atoms with E-state index in [1.807, 2.05) is 0 Å². The lowest BCUT2D eigenvalue weighted by Crippen LogP contribution is -2.15. The van der Waals surface area contributed by atoms with Gasteiger partial charge in [-0.3, -0.25) is 4.72 Å². The summed E-state index contributed by atoms with van der Waals surface area (Å²) in [4.78, 5) is 4.22. The molecule has 0 spiro atoms. The van der Waals surface area contributed by atoms with Crippen LogP contribution in [0, 0.1) is 13.8 Å². The number of benzene rings is 2. The molecule has 0 aliphatic carbocycles. The van der Waals surface area contributed by atoms with Gasteiger partial charge in [-0.1, -0.05) is 24.3 Å². The summed E-state index contributed by atoms with van der Waals surface area (Å²) >= 11 is 0. The smallest absolute Gasteiger partial charge is 0.262 e. The molecule has 0 bridgehead atoms. The van der Waals surface area contributed by atoms with Crippen LogP contribution in [0.2, 0.25) is 0 Å². The number of aryl methyl sites for hydroxylation is 2. The van der Waals surface area contributed by atoms with Gasteiger partial charge in [0.25, 0.3) is 10.0 Å². The van der Waals surface area contributed by atoms with Crippen molar-refractivity contribution < 1.29 is 17.6 Å². The molecule has 0 aliphatic rings. The van der Waals surface area contributed by atoms with E-state index in [0.29, 0.717) is 34.2 Å². The van der Waals surface area contributed by atoms with Gasteiger partial charge in [0.05, 0.1) is 23.9 Å². The van der Waals surface area contributed by atoms with Gasteiger partial charge in [-0.25, -0.2) is 13.4 Å². The third kappa shape index (κ3) is 3.51. The minimum absolute atomic E-state index is 0.171. The molecule has 1 N–H and O–H groups in total. The number of anilines is 1. The molecule has 3 aromatic rings. The molecule has 25 heavy (non-hydrogen) atoms. The van der Waals surface area contributed by atoms with E-state index in [0.717, 1.165) is 0 Å². The number of hydrogen-bond acceptors (Lipinski definition) is 5. The summed E-state index contributed by atoms with van der Waals surface area (Å²) in [5, 5.41) is 0. The average molecular weight is 358 g/mol. The fourth-order valence-electron chi connectivity index (χ4n) is 2.47. The zero-order valence-corrected chi connectivity index (χ0v) is 14.9. The van der Waals surface area contributed by atoms with Crippen LogP contribution in [0.3, 0.4) is 0 Å². The van der Waals surface area contributed by atoms with Crippen LogP contribution in [-0.2, 0) is 10.0 Å². The average Bonchev–Trinajstić information content (AvgIpc) is 3.01. The van der Waals surface area contributed by atoms with Crippen molar-refractivity contribution in [2.24, 2.45) is 0 Å². The second kappa shape index (κ2) is 6.60. The summed E-state index contributed by atoms with van der Waals surface area (Å²) in [7, 11) is -2.30. The van der Waals surface area contributed by atoms with Crippen LogP contribution in [0.5, 0.6) is 5.75 Å². The normalized spacial score (nSPS) is 11.3. The van der Waals surface area contributed by atoms with Crippen molar-refractivity contribution in [3.8, 4) is 17.1 Å². The third-order valence-corrected chi connectivity index (χ3v) is 5.24. The lowest BCUT2D eigenvalue weighted by Gasteiger charge is -2.13. The molecule has 0 fully saturated rings. The van der Waals surface area contributed by atoms with Crippen molar-refractivity contribution in [1.29, 1.82) is 0 Å². The van der Waals surface area contributed by atoms with Crippen LogP contribution in [0.15, 0.2) is 58.0 Å². The number of aromatic nitrogens is 1. The Bertz CT molecular complexity index is 1010. The molecular weight excluding hydrogens is 340 g/mol. The van der Waals surface area contributed by atoms with Crippen LogP contribution in [-0.4, -0.2) is 20.5 Å². The highest BCUT2D eigenvalue weighted by molar-refractivity contribution is 7.92. The van der Waals surface area contributed by atoms with Crippen LogP contribution in [0.4, 0.5) is 5.69 Å². The molecule has 0 radical (unpaired) electrons. The number of oxazole rings is 1. The summed E-state index contributed by atoms with van der Waals surface area (Å²) < 4.78 is 39.0. The van der Waals surface area contributed by atoms with Gasteiger partial charge in [-0.15, -0.1) is 0 Å². The Morgan fingerprint density at radius 3 is 2.56 bits per heavy atom. The van der Waals surface area contributed by atoms with E-state index in [2.05, 4.69) is 9.71 Å². The first-order valence-electron chi connectivity index (χ1n) is 7.60. The van der Waals surface area contributed by atoms with Crippen molar-refractivity contribution in [2.45, 2.75) is 18.7 Å².